The van der Waals surface area contributed by atoms with Crippen LogP contribution in [0.5, 0.6) is 11.5 Å². The molecule has 2 rings (SSSR count). The smallest absolute Gasteiger partial charge is 0.504 e. The molecule has 0 aliphatic rings. The van der Waals surface area contributed by atoms with Crippen LogP contribution < -0.4 is 10.5 Å². The van der Waals surface area contributed by atoms with E-state index in [4.69, 9.17) is 5.73 Å². The minimum Gasteiger partial charge on any atom is -0.504 e. The van der Waals surface area contributed by atoms with Gasteiger partial charge < -0.3 is 15.6 Å². The van der Waals surface area contributed by atoms with Crippen molar-refractivity contribution in [2.45, 2.75) is 12.4 Å². The molecule has 0 aliphatic heterocycles. The molecule has 0 spiro atoms. The van der Waals surface area contributed by atoms with E-state index in [1.807, 2.05) is 0 Å². The molecule has 1 heterocycles. The van der Waals surface area contributed by atoms with Crippen molar-refractivity contribution in [3.63, 3.8) is 0 Å². The van der Waals surface area contributed by atoms with Crippen molar-refractivity contribution in [2.75, 3.05) is 0 Å². The monoisotopic (exact) mass is 325 g/mol. The lowest BCUT2D eigenvalue weighted by molar-refractivity contribution is -0.275. The largest absolute Gasteiger partial charge is 0.573 e. The predicted molar refractivity (Wildman–Crippen MR) is 72.4 cm³/mol. The van der Waals surface area contributed by atoms with Gasteiger partial charge in [0.25, 0.3) is 0 Å². The maximum absolute atomic E-state index is 12.2. The fourth-order valence-corrected chi connectivity index (χ4v) is 2.36. The van der Waals surface area contributed by atoms with Gasteiger partial charge in [-0.05, 0) is 17.5 Å². The molecule has 0 amide bonds. The molecular weight excluding hydrogens is 315 g/mol. The van der Waals surface area contributed by atoms with Crippen molar-refractivity contribution in [3.8, 4) is 11.5 Å². The lowest BCUT2D eigenvalue weighted by atomic mass is 10.0. The molecular formula is C12H11ClF3NO2S. The third-order valence-electron chi connectivity index (χ3n) is 2.44. The average Bonchev–Trinajstić information content (AvgIpc) is 2.83. The summed E-state index contributed by atoms with van der Waals surface area (Å²) in [6.45, 7) is 0. The third kappa shape index (κ3) is 3.78. The number of hydrogen-bond acceptors (Lipinski definition) is 4. The minimum atomic E-state index is -4.86. The van der Waals surface area contributed by atoms with Crippen LogP contribution in [0.4, 0.5) is 13.2 Å². The second-order valence-corrected chi connectivity index (χ2v) is 4.71. The van der Waals surface area contributed by atoms with Crippen molar-refractivity contribution in [3.05, 3.63) is 46.2 Å². The minimum absolute atomic E-state index is 0. The van der Waals surface area contributed by atoms with Crippen LogP contribution in [-0.4, -0.2) is 11.5 Å². The van der Waals surface area contributed by atoms with Gasteiger partial charge in [0.2, 0.25) is 0 Å². The van der Waals surface area contributed by atoms with Crippen molar-refractivity contribution < 1.29 is 23.0 Å². The lowest BCUT2D eigenvalue weighted by Gasteiger charge is -2.16. The van der Waals surface area contributed by atoms with Gasteiger partial charge in [0, 0.05) is 10.4 Å². The summed E-state index contributed by atoms with van der Waals surface area (Å²) in [7, 11) is 0. The Kier molecular flexibility index (Phi) is 5.27. The maximum atomic E-state index is 12.2. The zero-order valence-corrected chi connectivity index (χ0v) is 11.6. The molecule has 8 heteroatoms. The van der Waals surface area contributed by atoms with Crippen molar-refractivity contribution in [1.82, 2.24) is 0 Å². The van der Waals surface area contributed by atoms with E-state index in [1.54, 1.807) is 17.5 Å². The van der Waals surface area contributed by atoms with E-state index in [9.17, 15) is 18.3 Å². The first-order chi connectivity index (χ1) is 8.88. The molecule has 0 radical (unpaired) electrons. The number of rotatable bonds is 3. The first-order valence-corrected chi connectivity index (χ1v) is 6.13. The van der Waals surface area contributed by atoms with Crippen LogP contribution in [0.25, 0.3) is 0 Å². The quantitative estimate of drug-likeness (QED) is 0.902. The normalized spacial score (nSPS) is 12.6. The molecule has 20 heavy (non-hydrogen) atoms. The molecule has 0 saturated carbocycles. The summed E-state index contributed by atoms with van der Waals surface area (Å²) in [6, 6.07) is 6.66. The van der Waals surface area contributed by atoms with Crippen LogP contribution in [0.1, 0.15) is 16.5 Å². The number of thiophene rings is 1. The number of alkyl halides is 3. The van der Waals surface area contributed by atoms with Gasteiger partial charge in [-0.3, -0.25) is 0 Å². The van der Waals surface area contributed by atoms with Gasteiger partial charge in [-0.25, -0.2) is 0 Å². The zero-order valence-electron chi connectivity index (χ0n) is 9.92. The highest BCUT2D eigenvalue weighted by molar-refractivity contribution is 7.10. The second-order valence-electron chi connectivity index (χ2n) is 3.73. The summed E-state index contributed by atoms with van der Waals surface area (Å²) in [5, 5.41) is 11.6. The fraction of sp³-hybridized carbons (Fsp3) is 0.167. The van der Waals surface area contributed by atoms with Crippen LogP contribution in [0.3, 0.4) is 0 Å². The van der Waals surface area contributed by atoms with Crippen molar-refractivity contribution in [1.29, 1.82) is 0 Å². The fourth-order valence-electron chi connectivity index (χ4n) is 1.62. The van der Waals surface area contributed by atoms with E-state index in [0.717, 1.165) is 10.9 Å². The molecule has 2 aromatic rings. The molecule has 0 unspecified atom stereocenters. The van der Waals surface area contributed by atoms with Gasteiger partial charge >= 0.3 is 6.36 Å². The van der Waals surface area contributed by atoms with Gasteiger partial charge in [0.15, 0.2) is 11.5 Å². The van der Waals surface area contributed by atoms with E-state index in [1.165, 1.54) is 23.5 Å². The van der Waals surface area contributed by atoms with Crippen LogP contribution in [0.2, 0.25) is 0 Å². The third-order valence-corrected chi connectivity index (χ3v) is 3.40. The predicted octanol–water partition coefficient (Wildman–Crippen LogP) is 3.82. The molecule has 1 atom stereocenters. The number of halogens is 4. The topological polar surface area (TPSA) is 55.5 Å². The Hall–Kier alpha value is -1.44. The second kappa shape index (κ2) is 6.34. The zero-order chi connectivity index (χ0) is 14.0. The van der Waals surface area contributed by atoms with Crippen molar-refractivity contribution in [2.24, 2.45) is 5.73 Å². The Morgan fingerprint density at radius 2 is 1.90 bits per heavy atom. The number of nitrogens with two attached hydrogens (primary N) is 1. The van der Waals surface area contributed by atoms with Gasteiger partial charge in [-0.1, -0.05) is 18.2 Å². The number of phenolic OH excluding ortho intramolecular Hbond substituents is 1. The molecule has 1 aromatic carbocycles. The standard InChI is InChI=1S/C12H10F3NO2S.ClH/c13-12(14,15)18-8-4-1-3-7(11(8)17)10(16)9-5-2-6-19-9;/h1-6,10,17H,16H2;1H/t10-;/m1./s1. The number of ether oxygens (including phenoxy) is 1. The SMILES string of the molecule is Cl.N[C@@H](c1cccs1)c1cccc(OC(F)(F)F)c1O. The Morgan fingerprint density at radius 1 is 1.20 bits per heavy atom. The van der Waals surface area contributed by atoms with Gasteiger partial charge in [0.05, 0.1) is 6.04 Å². The number of benzene rings is 1. The number of aromatic hydroxyl groups is 1. The molecule has 0 fully saturated rings. The molecule has 110 valence electrons. The Bertz CT molecular complexity index is 560. The molecule has 0 bridgehead atoms. The maximum Gasteiger partial charge on any atom is 0.573 e. The summed E-state index contributed by atoms with van der Waals surface area (Å²) in [5.41, 5.74) is 6.09. The summed E-state index contributed by atoms with van der Waals surface area (Å²) in [4.78, 5) is 0.736. The van der Waals surface area contributed by atoms with Gasteiger partial charge in [-0.2, -0.15) is 0 Å². The molecule has 3 nitrogen and oxygen atoms in total. The number of para-hydroxylation sites is 1. The van der Waals surface area contributed by atoms with E-state index in [-0.39, 0.29) is 18.0 Å². The highest BCUT2D eigenvalue weighted by Crippen LogP contribution is 2.38. The van der Waals surface area contributed by atoms with Gasteiger partial charge in [0.1, 0.15) is 0 Å². The Balaban J connectivity index is 0.00000200. The van der Waals surface area contributed by atoms with Crippen LogP contribution in [0.15, 0.2) is 35.7 Å². The number of phenols is 1. The molecule has 1 aromatic heterocycles. The number of hydrogen-bond donors (Lipinski definition) is 2. The molecule has 0 saturated heterocycles. The van der Waals surface area contributed by atoms with E-state index in [0.29, 0.717) is 0 Å². The van der Waals surface area contributed by atoms with E-state index in [2.05, 4.69) is 4.74 Å². The van der Waals surface area contributed by atoms with E-state index < -0.39 is 23.9 Å². The summed E-state index contributed by atoms with van der Waals surface area (Å²) < 4.78 is 40.2. The summed E-state index contributed by atoms with van der Waals surface area (Å²) in [5.74, 6) is -1.25. The Labute approximate surface area is 123 Å². The lowest BCUT2D eigenvalue weighted by Crippen LogP contribution is -2.18. The Morgan fingerprint density at radius 3 is 2.45 bits per heavy atom. The van der Waals surface area contributed by atoms with Crippen LogP contribution in [0, 0.1) is 0 Å². The molecule has 3 N–H and O–H groups in total. The highest BCUT2D eigenvalue weighted by atomic mass is 35.5. The average molecular weight is 326 g/mol. The summed E-state index contributed by atoms with van der Waals surface area (Å²) in [6.07, 6.45) is -4.86. The highest BCUT2D eigenvalue weighted by Gasteiger charge is 2.33. The van der Waals surface area contributed by atoms with E-state index >= 15 is 0 Å². The first-order valence-electron chi connectivity index (χ1n) is 5.25. The van der Waals surface area contributed by atoms with Crippen LogP contribution in [-0.2, 0) is 0 Å². The van der Waals surface area contributed by atoms with Crippen LogP contribution >= 0.6 is 23.7 Å². The van der Waals surface area contributed by atoms with Gasteiger partial charge in [-0.15, -0.1) is 36.9 Å². The van der Waals surface area contributed by atoms with Crippen molar-refractivity contribution >= 4 is 23.7 Å². The molecule has 0 aliphatic carbocycles. The first kappa shape index (κ1) is 16.6. The summed E-state index contributed by atoms with van der Waals surface area (Å²) >= 11 is 1.35.